The number of hydrogen-bond acceptors (Lipinski definition) is 6. The smallest absolute Gasteiger partial charge is 0.340 e. The molecule has 0 aliphatic heterocycles. The van der Waals surface area contributed by atoms with Crippen LogP contribution in [0, 0.1) is 5.92 Å². The molecule has 0 aliphatic rings. The van der Waals surface area contributed by atoms with Crippen molar-refractivity contribution in [2.24, 2.45) is 5.92 Å². The second kappa shape index (κ2) is 9.10. The van der Waals surface area contributed by atoms with Gasteiger partial charge in [-0.25, -0.2) is 4.79 Å². The number of Topliss-reactive ketones (excluding diaryl/α,β-unsaturated/α-hetero) is 1. The average molecular weight is 357 g/mol. The topological polar surface area (TPSA) is 89.6 Å². The molecule has 6 nitrogen and oxygen atoms in total. The number of esters is 1. The molecule has 0 spiro atoms. The SMILES string of the molecule is C=C(C(=O)CC[C@H](OC(=O)c1cccnc1)c1ccc(CO)o1)C(C)C. The van der Waals surface area contributed by atoms with Gasteiger partial charge in [-0.05, 0) is 42.2 Å². The molecular formula is C20H23NO5. The van der Waals surface area contributed by atoms with E-state index in [9.17, 15) is 9.59 Å². The molecule has 0 aromatic carbocycles. The van der Waals surface area contributed by atoms with Gasteiger partial charge in [0.25, 0.3) is 0 Å². The Balaban J connectivity index is 2.12. The van der Waals surface area contributed by atoms with Crippen LogP contribution < -0.4 is 0 Å². The van der Waals surface area contributed by atoms with Crippen molar-refractivity contribution in [1.82, 2.24) is 4.98 Å². The molecule has 138 valence electrons. The first kappa shape index (κ1) is 19.6. The molecule has 0 fully saturated rings. The summed E-state index contributed by atoms with van der Waals surface area (Å²) in [6.07, 6.45) is 2.66. The monoisotopic (exact) mass is 357 g/mol. The van der Waals surface area contributed by atoms with Crippen LogP contribution >= 0.6 is 0 Å². The van der Waals surface area contributed by atoms with Gasteiger partial charge in [-0.15, -0.1) is 0 Å². The van der Waals surface area contributed by atoms with Crippen molar-refractivity contribution in [2.75, 3.05) is 0 Å². The Hall–Kier alpha value is -2.73. The van der Waals surface area contributed by atoms with Gasteiger partial charge >= 0.3 is 5.97 Å². The van der Waals surface area contributed by atoms with Crippen LogP contribution in [0.4, 0.5) is 0 Å². The summed E-state index contributed by atoms with van der Waals surface area (Å²) in [4.78, 5) is 28.4. The fraction of sp³-hybridized carbons (Fsp3) is 0.350. The summed E-state index contributed by atoms with van der Waals surface area (Å²) in [7, 11) is 0. The van der Waals surface area contributed by atoms with E-state index < -0.39 is 12.1 Å². The molecule has 0 radical (unpaired) electrons. The predicted molar refractivity (Wildman–Crippen MR) is 95.2 cm³/mol. The Morgan fingerprint density at radius 3 is 2.65 bits per heavy atom. The second-order valence-corrected chi connectivity index (χ2v) is 6.24. The van der Waals surface area contributed by atoms with Gasteiger partial charge in [0, 0.05) is 18.8 Å². The lowest BCUT2D eigenvalue weighted by Gasteiger charge is -2.16. The van der Waals surface area contributed by atoms with E-state index in [0.717, 1.165) is 0 Å². The summed E-state index contributed by atoms with van der Waals surface area (Å²) in [5, 5.41) is 9.17. The predicted octanol–water partition coefficient (Wildman–Crippen LogP) is 3.63. The van der Waals surface area contributed by atoms with Crippen LogP contribution in [0.5, 0.6) is 0 Å². The number of aliphatic hydroxyl groups excluding tert-OH is 1. The molecule has 0 amide bonds. The minimum absolute atomic E-state index is 0.0588. The zero-order chi connectivity index (χ0) is 19.1. The summed E-state index contributed by atoms with van der Waals surface area (Å²) < 4.78 is 11.0. The van der Waals surface area contributed by atoms with Crippen LogP contribution in [-0.4, -0.2) is 21.8 Å². The van der Waals surface area contributed by atoms with Crippen LogP contribution in [0.25, 0.3) is 0 Å². The zero-order valence-electron chi connectivity index (χ0n) is 15.0. The number of ketones is 1. The average Bonchev–Trinajstić information content (AvgIpc) is 3.13. The minimum Gasteiger partial charge on any atom is -0.460 e. The number of carbonyl (C=O) groups is 2. The highest BCUT2D eigenvalue weighted by Gasteiger charge is 2.23. The van der Waals surface area contributed by atoms with Crippen molar-refractivity contribution in [3.8, 4) is 0 Å². The van der Waals surface area contributed by atoms with Crippen molar-refractivity contribution >= 4 is 11.8 Å². The van der Waals surface area contributed by atoms with Gasteiger partial charge in [-0.1, -0.05) is 20.4 Å². The lowest BCUT2D eigenvalue weighted by atomic mass is 9.96. The Morgan fingerprint density at radius 1 is 1.31 bits per heavy atom. The number of nitrogens with zero attached hydrogens (tertiary/aromatic N) is 1. The Labute approximate surface area is 152 Å². The number of pyridine rings is 1. The van der Waals surface area contributed by atoms with Gasteiger partial charge in [0.05, 0.1) is 5.56 Å². The molecular weight excluding hydrogens is 334 g/mol. The largest absolute Gasteiger partial charge is 0.460 e. The molecule has 6 heteroatoms. The number of allylic oxidation sites excluding steroid dienone is 1. The second-order valence-electron chi connectivity index (χ2n) is 6.24. The standard InChI is InChI=1S/C20H23NO5/c1-13(2)14(3)17(23)7-9-19(18-8-6-16(12-22)25-18)26-20(24)15-5-4-10-21-11-15/h4-6,8,10-11,13,19,22H,3,7,9,12H2,1-2H3/t19-/m0/s1. The number of furan rings is 1. The Bertz CT molecular complexity index is 764. The van der Waals surface area contributed by atoms with E-state index in [1.165, 1.54) is 6.20 Å². The minimum atomic E-state index is -0.744. The third-order valence-electron chi connectivity index (χ3n) is 3.99. The number of rotatable bonds is 9. The summed E-state index contributed by atoms with van der Waals surface area (Å²) in [5.41, 5.74) is 0.849. The maximum absolute atomic E-state index is 12.3. The van der Waals surface area contributed by atoms with Gasteiger partial charge in [0.15, 0.2) is 11.9 Å². The van der Waals surface area contributed by atoms with E-state index in [4.69, 9.17) is 14.3 Å². The maximum Gasteiger partial charge on any atom is 0.340 e. The van der Waals surface area contributed by atoms with Gasteiger partial charge in [-0.2, -0.15) is 0 Å². The van der Waals surface area contributed by atoms with Crippen molar-refractivity contribution in [2.45, 2.75) is 39.4 Å². The van der Waals surface area contributed by atoms with Gasteiger partial charge in [0.1, 0.15) is 18.1 Å². The first-order valence-electron chi connectivity index (χ1n) is 8.44. The molecule has 2 rings (SSSR count). The molecule has 0 bridgehead atoms. The number of aliphatic hydroxyl groups is 1. The molecule has 2 aromatic rings. The molecule has 0 aliphatic carbocycles. The summed E-state index contributed by atoms with van der Waals surface area (Å²) in [5.74, 6) is 0.176. The third kappa shape index (κ3) is 5.13. The lowest BCUT2D eigenvalue weighted by Crippen LogP contribution is -2.14. The fourth-order valence-electron chi connectivity index (χ4n) is 2.34. The van der Waals surface area contributed by atoms with E-state index in [2.05, 4.69) is 11.6 Å². The number of aromatic nitrogens is 1. The van der Waals surface area contributed by atoms with Crippen LogP contribution in [0.2, 0.25) is 0 Å². The maximum atomic E-state index is 12.3. The normalized spacial score (nSPS) is 12.0. The summed E-state index contributed by atoms with van der Waals surface area (Å²) in [6, 6.07) is 6.47. The first-order valence-corrected chi connectivity index (χ1v) is 8.44. The fourth-order valence-corrected chi connectivity index (χ4v) is 2.34. The molecule has 1 atom stereocenters. The van der Waals surface area contributed by atoms with Gasteiger partial charge in [-0.3, -0.25) is 9.78 Å². The Morgan fingerprint density at radius 2 is 2.08 bits per heavy atom. The van der Waals surface area contributed by atoms with Gasteiger partial charge < -0.3 is 14.3 Å². The zero-order valence-corrected chi connectivity index (χ0v) is 15.0. The lowest BCUT2D eigenvalue weighted by molar-refractivity contribution is -0.116. The van der Waals surface area contributed by atoms with E-state index in [1.54, 1.807) is 30.5 Å². The van der Waals surface area contributed by atoms with E-state index in [0.29, 0.717) is 22.7 Å². The molecule has 0 saturated heterocycles. The van der Waals surface area contributed by atoms with Crippen molar-refractivity contribution in [3.63, 3.8) is 0 Å². The van der Waals surface area contributed by atoms with Crippen LogP contribution in [0.1, 0.15) is 54.7 Å². The quantitative estimate of drug-likeness (QED) is 0.544. The highest BCUT2D eigenvalue weighted by atomic mass is 16.6. The molecule has 26 heavy (non-hydrogen) atoms. The number of hydrogen-bond donors (Lipinski definition) is 1. The summed E-state index contributed by atoms with van der Waals surface area (Å²) >= 11 is 0. The Kier molecular flexibility index (Phi) is 6.86. The van der Waals surface area contributed by atoms with Crippen molar-refractivity contribution < 1.29 is 23.8 Å². The number of ether oxygens (including phenoxy) is 1. The molecule has 0 unspecified atom stereocenters. The molecule has 0 saturated carbocycles. The van der Waals surface area contributed by atoms with Crippen LogP contribution in [0.3, 0.4) is 0 Å². The van der Waals surface area contributed by atoms with Crippen molar-refractivity contribution in [3.05, 3.63) is 65.9 Å². The van der Waals surface area contributed by atoms with Crippen molar-refractivity contribution in [1.29, 1.82) is 0 Å². The highest BCUT2D eigenvalue weighted by molar-refractivity contribution is 5.95. The molecule has 2 aromatic heterocycles. The molecule has 1 N–H and O–H groups in total. The first-order chi connectivity index (χ1) is 12.4. The third-order valence-corrected chi connectivity index (χ3v) is 3.99. The van der Waals surface area contributed by atoms with Crippen LogP contribution in [-0.2, 0) is 16.1 Å². The van der Waals surface area contributed by atoms with Crippen LogP contribution in [0.15, 0.2) is 53.2 Å². The van der Waals surface area contributed by atoms with Gasteiger partial charge in [0.2, 0.25) is 0 Å². The summed E-state index contributed by atoms with van der Waals surface area (Å²) in [6.45, 7) is 7.36. The molecule has 2 heterocycles. The van der Waals surface area contributed by atoms with E-state index in [1.807, 2.05) is 13.8 Å². The van der Waals surface area contributed by atoms with E-state index in [-0.39, 0.29) is 31.1 Å². The van der Waals surface area contributed by atoms with E-state index >= 15 is 0 Å². The highest BCUT2D eigenvalue weighted by Crippen LogP contribution is 2.27. The number of carbonyl (C=O) groups excluding carboxylic acids is 2.